The predicted molar refractivity (Wildman–Crippen MR) is 104 cm³/mol. The van der Waals surface area contributed by atoms with Crippen LogP contribution in [0.2, 0.25) is 0 Å². The predicted octanol–water partition coefficient (Wildman–Crippen LogP) is 2.80. The highest BCUT2D eigenvalue weighted by Gasteiger charge is 2.33. The number of pyridine rings is 1. The minimum atomic E-state index is -0.423. The van der Waals surface area contributed by atoms with Gasteiger partial charge in [0.15, 0.2) is 5.82 Å². The second-order valence-corrected chi connectivity index (χ2v) is 6.90. The molecule has 1 fully saturated rings. The van der Waals surface area contributed by atoms with Crippen molar-refractivity contribution < 1.29 is 18.8 Å². The maximum Gasteiger partial charge on any atom is 0.256 e. The van der Waals surface area contributed by atoms with Crippen molar-refractivity contribution in [1.82, 2.24) is 20.0 Å². The van der Waals surface area contributed by atoms with Crippen LogP contribution in [-0.2, 0) is 16.1 Å². The van der Waals surface area contributed by atoms with Gasteiger partial charge in [-0.2, -0.15) is 4.98 Å². The van der Waals surface area contributed by atoms with Crippen LogP contribution in [0.5, 0.6) is 0 Å². The normalized spacial score (nSPS) is 16.8. The molecule has 1 atom stereocenters. The molecule has 150 valence electrons. The van der Waals surface area contributed by atoms with Crippen molar-refractivity contribution in [3.05, 3.63) is 65.6 Å². The molecule has 0 N–H and O–H groups in total. The number of amides is 1. The van der Waals surface area contributed by atoms with E-state index in [1.165, 1.54) is 0 Å². The summed E-state index contributed by atoms with van der Waals surface area (Å²) in [6.07, 6.45) is 3.35. The molecular weight excluding hydrogens is 372 g/mol. The smallest absolute Gasteiger partial charge is 0.256 e. The minimum absolute atomic E-state index is 0.140. The summed E-state index contributed by atoms with van der Waals surface area (Å²) < 4.78 is 15.8. The number of aromatic nitrogens is 3. The minimum Gasteiger partial charge on any atom is -0.377 e. The van der Waals surface area contributed by atoms with Crippen LogP contribution in [0, 0.1) is 6.92 Å². The molecule has 0 spiro atoms. The molecule has 3 heterocycles. The number of aryl methyl sites for hydroxylation is 1. The molecule has 8 heteroatoms. The Bertz CT molecular complexity index is 1000. The van der Waals surface area contributed by atoms with Gasteiger partial charge >= 0.3 is 0 Å². The average Bonchev–Trinajstić information content (AvgIpc) is 3.22. The summed E-state index contributed by atoms with van der Waals surface area (Å²) in [5, 5.41) is 4.00. The number of morpholine rings is 1. The zero-order valence-corrected chi connectivity index (χ0v) is 16.4. The molecule has 3 aromatic rings. The third-order valence-corrected chi connectivity index (χ3v) is 4.78. The van der Waals surface area contributed by atoms with Crippen molar-refractivity contribution in [3.63, 3.8) is 0 Å². The molecule has 1 aliphatic heterocycles. The number of hydrogen-bond donors (Lipinski definition) is 0. The summed E-state index contributed by atoms with van der Waals surface area (Å²) in [6, 6.07) is 9.54. The van der Waals surface area contributed by atoms with E-state index in [0.29, 0.717) is 37.0 Å². The lowest BCUT2D eigenvalue weighted by Crippen LogP contribution is -2.43. The van der Waals surface area contributed by atoms with Gasteiger partial charge in [-0.1, -0.05) is 35.0 Å². The summed E-state index contributed by atoms with van der Waals surface area (Å²) in [5.41, 5.74) is 3.58. The van der Waals surface area contributed by atoms with Crippen LogP contribution in [0.4, 0.5) is 0 Å². The molecule has 0 aliphatic carbocycles. The van der Waals surface area contributed by atoms with Crippen LogP contribution >= 0.6 is 0 Å². The van der Waals surface area contributed by atoms with Crippen molar-refractivity contribution in [2.24, 2.45) is 0 Å². The Hall–Kier alpha value is -3.10. The van der Waals surface area contributed by atoms with Crippen molar-refractivity contribution in [3.8, 4) is 11.1 Å². The Morgan fingerprint density at radius 3 is 3.00 bits per heavy atom. The SMILES string of the molecule is COCc1nc(C2COCCN2C(=O)c2cncc(-c3cccc(C)c3)c2)no1. The zero-order chi connectivity index (χ0) is 20.2. The van der Waals surface area contributed by atoms with E-state index in [1.54, 1.807) is 24.4 Å². The zero-order valence-electron chi connectivity index (χ0n) is 16.4. The second kappa shape index (κ2) is 8.50. The van der Waals surface area contributed by atoms with E-state index < -0.39 is 6.04 Å². The van der Waals surface area contributed by atoms with E-state index in [4.69, 9.17) is 14.0 Å². The summed E-state index contributed by atoms with van der Waals surface area (Å²) in [7, 11) is 1.55. The van der Waals surface area contributed by atoms with Crippen LogP contribution in [0.3, 0.4) is 0 Å². The monoisotopic (exact) mass is 394 g/mol. The van der Waals surface area contributed by atoms with Crippen LogP contribution < -0.4 is 0 Å². The number of methoxy groups -OCH3 is 1. The van der Waals surface area contributed by atoms with E-state index in [-0.39, 0.29) is 12.5 Å². The van der Waals surface area contributed by atoms with Crippen molar-refractivity contribution in [1.29, 1.82) is 0 Å². The first-order valence-electron chi connectivity index (χ1n) is 9.38. The first-order chi connectivity index (χ1) is 14.2. The van der Waals surface area contributed by atoms with Gasteiger partial charge < -0.3 is 18.9 Å². The largest absolute Gasteiger partial charge is 0.377 e. The molecule has 4 rings (SSSR count). The Labute approximate surface area is 168 Å². The standard InChI is InChI=1S/C21H22N4O4/c1-14-4-3-5-15(8-14)16-9-17(11-22-10-16)21(26)25-6-7-28-12-18(25)20-23-19(13-27-2)29-24-20/h3-5,8-11,18H,6-7,12-13H2,1-2H3. The number of nitrogens with zero attached hydrogens (tertiary/aromatic N) is 4. The van der Waals surface area contributed by atoms with Gasteiger partial charge in [-0.3, -0.25) is 9.78 Å². The molecule has 0 bridgehead atoms. The van der Waals surface area contributed by atoms with Crippen molar-refractivity contribution >= 4 is 5.91 Å². The Kier molecular flexibility index (Phi) is 5.64. The van der Waals surface area contributed by atoms with Crippen molar-refractivity contribution in [2.45, 2.75) is 19.6 Å². The van der Waals surface area contributed by atoms with E-state index in [9.17, 15) is 4.79 Å². The lowest BCUT2D eigenvalue weighted by atomic mass is 10.0. The topological polar surface area (TPSA) is 90.6 Å². The van der Waals surface area contributed by atoms with Gasteiger partial charge in [0, 0.05) is 31.6 Å². The van der Waals surface area contributed by atoms with E-state index in [2.05, 4.69) is 21.2 Å². The Morgan fingerprint density at radius 2 is 2.17 bits per heavy atom. The quantitative estimate of drug-likeness (QED) is 0.657. The van der Waals surface area contributed by atoms with Crippen LogP contribution in [0.1, 0.15) is 33.7 Å². The first kappa shape index (κ1) is 19.2. The number of hydrogen-bond acceptors (Lipinski definition) is 7. The fraction of sp³-hybridized carbons (Fsp3) is 0.333. The van der Waals surface area contributed by atoms with E-state index in [0.717, 1.165) is 16.7 Å². The van der Waals surface area contributed by atoms with Gasteiger partial charge in [0.05, 0.1) is 18.8 Å². The molecular formula is C21H22N4O4. The maximum absolute atomic E-state index is 13.3. The van der Waals surface area contributed by atoms with E-state index >= 15 is 0 Å². The maximum atomic E-state index is 13.3. The van der Waals surface area contributed by atoms with E-state index in [1.807, 2.05) is 31.2 Å². The number of rotatable bonds is 5. The third-order valence-electron chi connectivity index (χ3n) is 4.78. The highest BCUT2D eigenvalue weighted by atomic mass is 16.5. The molecule has 1 aliphatic rings. The van der Waals surface area contributed by atoms with Crippen LogP contribution in [0.25, 0.3) is 11.1 Å². The lowest BCUT2D eigenvalue weighted by molar-refractivity contribution is -0.00578. The Morgan fingerprint density at radius 1 is 1.28 bits per heavy atom. The summed E-state index contributed by atoms with van der Waals surface area (Å²) in [6.45, 7) is 3.45. The molecule has 0 radical (unpaired) electrons. The van der Waals surface area contributed by atoms with Gasteiger partial charge in [0.2, 0.25) is 0 Å². The fourth-order valence-corrected chi connectivity index (χ4v) is 3.35. The summed E-state index contributed by atoms with van der Waals surface area (Å²) in [5.74, 6) is 0.634. The van der Waals surface area contributed by atoms with Crippen molar-refractivity contribution in [2.75, 3.05) is 26.9 Å². The summed E-state index contributed by atoms with van der Waals surface area (Å²) >= 11 is 0. The second-order valence-electron chi connectivity index (χ2n) is 6.90. The molecule has 1 aromatic carbocycles. The van der Waals surface area contributed by atoms with Crippen LogP contribution in [0.15, 0.2) is 47.2 Å². The highest BCUT2D eigenvalue weighted by Crippen LogP contribution is 2.26. The fourth-order valence-electron chi connectivity index (χ4n) is 3.35. The van der Waals surface area contributed by atoms with Crippen LogP contribution in [-0.4, -0.2) is 52.8 Å². The molecule has 8 nitrogen and oxygen atoms in total. The van der Waals surface area contributed by atoms with Gasteiger partial charge in [0.1, 0.15) is 12.6 Å². The van der Waals surface area contributed by atoms with Gasteiger partial charge in [-0.15, -0.1) is 0 Å². The molecule has 1 unspecified atom stereocenters. The molecule has 29 heavy (non-hydrogen) atoms. The highest BCUT2D eigenvalue weighted by molar-refractivity contribution is 5.95. The van der Waals surface area contributed by atoms with Gasteiger partial charge in [-0.25, -0.2) is 0 Å². The molecule has 2 aromatic heterocycles. The Balaban J connectivity index is 1.61. The number of ether oxygens (including phenoxy) is 2. The molecule has 0 saturated carbocycles. The third kappa shape index (κ3) is 4.18. The lowest BCUT2D eigenvalue weighted by Gasteiger charge is -2.33. The van der Waals surface area contributed by atoms with Gasteiger partial charge in [0.25, 0.3) is 11.8 Å². The summed E-state index contributed by atoms with van der Waals surface area (Å²) in [4.78, 5) is 23.6. The number of benzene rings is 1. The average molecular weight is 394 g/mol. The molecule has 1 amide bonds. The molecule has 1 saturated heterocycles. The number of carbonyl (C=O) groups excluding carboxylic acids is 1. The van der Waals surface area contributed by atoms with Gasteiger partial charge in [-0.05, 0) is 18.6 Å². The first-order valence-corrected chi connectivity index (χ1v) is 9.38. The number of carbonyl (C=O) groups is 1.